The van der Waals surface area contributed by atoms with E-state index in [4.69, 9.17) is 0 Å². The fourth-order valence-corrected chi connectivity index (χ4v) is 4.23. The predicted molar refractivity (Wildman–Crippen MR) is 129 cm³/mol. The zero-order valence-electron chi connectivity index (χ0n) is 17.6. The second-order valence-corrected chi connectivity index (χ2v) is 8.93. The number of urea groups is 1. The summed E-state index contributed by atoms with van der Waals surface area (Å²) in [7, 11) is -3.79. The van der Waals surface area contributed by atoms with E-state index in [-0.39, 0.29) is 4.90 Å². The van der Waals surface area contributed by atoms with Gasteiger partial charge in [-0.1, -0.05) is 48.5 Å². The van der Waals surface area contributed by atoms with Gasteiger partial charge in [0.2, 0.25) is 0 Å². The third-order valence-corrected chi connectivity index (χ3v) is 6.22. The Morgan fingerprint density at radius 1 is 0.788 bits per heavy atom. The predicted octanol–water partition coefficient (Wildman–Crippen LogP) is 4.87. The Kier molecular flexibility index (Phi) is 6.66. The number of hydrogen-bond donors (Lipinski definition) is 3. The van der Waals surface area contributed by atoms with Crippen LogP contribution in [0.5, 0.6) is 0 Å². The standard InChI is InChI=1S/C25H22N4O3S/c30-25(27-18-19-6-5-15-26-17-19)28-22-11-13-24(14-12-22)33(31,32)29-23-10-4-9-21(16-23)20-7-2-1-3-8-20/h1-17,29H,18H2,(H2,27,28,30). The fraction of sp³-hybridized carbons (Fsp3) is 0.0400. The van der Waals surface area contributed by atoms with Crippen molar-refractivity contribution in [3.8, 4) is 11.1 Å². The van der Waals surface area contributed by atoms with E-state index in [2.05, 4.69) is 20.3 Å². The summed E-state index contributed by atoms with van der Waals surface area (Å²) in [5.41, 5.74) is 3.72. The molecule has 4 aromatic rings. The lowest BCUT2D eigenvalue weighted by Gasteiger charge is -2.11. The molecule has 1 heterocycles. The van der Waals surface area contributed by atoms with Gasteiger partial charge in [0.25, 0.3) is 10.0 Å². The molecule has 166 valence electrons. The molecule has 7 nitrogen and oxygen atoms in total. The zero-order valence-corrected chi connectivity index (χ0v) is 18.4. The number of aromatic nitrogens is 1. The molecule has 0 spiro atoms. The molecule has 0 aliphatic rings. The number of carbonyl (C=O) groups excluding carboxylic acids is 1. The average molecular weight is 459 g/mol. The quantitative estimate of drug-likeness (QED) is 0.368. The van der Waals surface area contributed by atoms with Crippen LogP contribution in [0.3, 0.4) is 0 Å². The van der Waals surface area contributed by atoms with Crippen molar-refractivity contribution < 1.29 is 13.2 Å². The van der Waals surface area contributed by atoms with Gasteiger partial charge >= 0.3 is 6.03 Å². The molecule has 0 saturated heterocycles. The largest absolute Gasteiger partial charge is 0.334 e. The smallest absolute Gasteiger partial charge is 0.319 e. The molecule has 3 aromatic carbocycles. The van der Waals surface area contributed by atoms with Gasteiger partial charge in [-0.25, -0.2) is 13.2 Å². The highest BCUT2D eigenvalue weighted by molar-refractivity contribution is 7.92. The van der Waals surface area contributed by atoms with Crippen LogP contribution >= 0.6 is 0 Å². The summed E-state index contributed by atoms with van der Waals surface area (Å²) >= 11 is 0. The SMILES string of the molecule is O=C(NCc1cccnc1)Nc1ccc(S(=O)(=O)Nc2cccc(-c3ccccc3)c2)cc1. The zero-order chi connectivity index (χ0) is 23.1. The van der Waals surface area contributed by atoms with Crippen LogP contribution in [0.4, 0.5) is 16.2 Å². The Hall–Kier alpha value is -4.17. The Balaban J connectivity index is 1.39. The molecule has 33 heavy (non-hydrogen) atoms. The van der Waals surface area contributed by atoms with E-state index in [1.165, 1.54) is 12.1 Å². The van der Waals surface area contributed by atoms with Crippen LogP contribution in [-0.2, 0) is 16.6 Å². The Morgan fingerprint density at radius 3 is 2.27 bits per heavy atom. The molecule has 8 heteroatoms. The van der Waals surface area contributed by atoms with E-state index >= 15 is 0 Å². The van der Waals surface area contributed by atoms with Gasteiger partial charge in [-0.2, -0.15) is 0 Å². The molecular weight excluding hydrogens is 436 g/mol. The van der Waals surface area contributed by atoms with E-state index in [1.807, 2.05) is 42.5 Å². The van der Waals surface area contributed by atoms with E-state index in [0.717, 1.165) is 16.7 Å². The number of rotatable bonds is 7. The van der Waals surface area contributed by atoms with Crippen LogP contribution in [-0.4, -0.2) is 19.4 Å². The Morgan fingerprint density at radius 2 is 1.55 bits per heavy atom. The monoisotopic (exact) mass is 458 g/mol. The number of anilines is 2. The lowest BCUT2D eigenvalue weighted by Crippen LogP contribution is -2.28. The molecular formula is C25H22N4O3S. The van der Waals surface area contributed by atoms with E-state index in [1.54, 1.807) is 48.8 Å². The van der Waals surface area contributed by atoms with E-state index in [9.17, 15) is 13.2 Å². The molecule has 0 saturated carbocycles. The van der Waals surface area contributed by atoms with Crippen molar-refractivity contribution in [2.45, 2.75) is 11.4 Å². The maximum absolute atomic E-state index is 12.8. The lowest BCUT2D eigenvalue weighted by molar-refractivity contribution is 0.251. The van der Waals surface area contributed by atoms with Crippen LogP contribution in [0.15, 0.2) is 108 Å². The average Bonchev–Trinajstić information content (AvgIpc) is 2.84. The van der Waals surface area contributed by atoms with Crippen LogP contribution in [0, 0.1) is 0 Å². The number of pyridine rings is 1. The van der Waals surface area contributed by atoms with Crippen molar-refractivity contribution in [1.29, 1.82) is 0 Å². The summed E-state index contributed by atoms with van der Waals surface area (Å²) in [5, 5.41) is 5.40. The van der Waals surface area contributed by atoms with Gasteiger partial charge in [0.1, 0.15) is 0 Å². The number of amides is 2. The van der Waals surface area contributed by atoms with Crippen LogP contribution < -0.4 is 15.4 Å². The summed E-state index contributed by atoms with van der Waals surface area (Å²) in [4.78, 5) is 16.2. The summed E-state index contributed by atoms with van der Waals surface area (Å²) in [6.45, 7) is 0.331. The van der Waals surface area contributed by atoms with Gasteiger partial charge < -0.3 is 10.6 Å². The maximum Gasteiger partial charge on any atom is 0.319 e. The van der Waals surface area contributed by atoms with Gasteiger partial charge in [-0.05, 0) is 59.2 Å². The van der Waals surface area contributed by atoms with Crippen molar-refractivity contribution in [2.24, 2.45) is 0 Å². The first-order valence-electron chi connectivity index (χ1n) is 10.2. The second-order valence-electron chi connectivity index (χ2n) is 7.25. The lowest BCUT2D eigenvalue weighted by atomic mass is 10.1. The van der Waals surface area contributed by atoms with Gasteiger partial charge in [0.15, 0.2) is 0 Å². The summed E-state index contributed by atoms with van der Waals surface area (Å²) < 4.78 is 28.3. The third-order valence-electron chi connectivity index (χ3n) is 4.82. The number of carbonyl (C=O) groups is 1. The van der Waals surface area contributed by atoms with Crippen molar-refractivity contribution in [2.75, 3.05) is 10.0 Å². The van der Waals surface area contributed by atoms with Gasteiger partial charge in [0, 0.05) is 30.3 Å². The number of nitrogens with one attached hydrogen (secondary N) is 3. The van der Waals surface area contributed by atoms with E-state index < -0.39 is 16.1 Å². The van der Waals surface area contributed by atoms with Crippen molar-refractivity contribution >= 4 is 27.4 Å². The van der Waals surface area contributed by atoms with Crippen molar-refractivity contribution in [1.82, 2.24) is 10.3 Å². The molecule has 4 rings (SSSR count). The molecule has 1 aromatic heterocycles. The molecule has 0 fully saturated rings. The van der Waals surface area contributed by atoms with Gasteiger partial charge in [0.05, 0.1) is 4.90 Å². The van der Waals surface area contributed by atoms with E-state index in [0.29, 0.717) is 17.9 Å². The highest BCUT2D eigenvalue weighted by Crippen LogP contribution is 2.24. The van der Waals surface area contributed by atoms with Gasteiger partial charge in [-0.3, -0.25) is 9.71 Å². The van der Waals surface area contributed by atoms with Crippen LogP contribution in [0.2, 0.25) is 0 Å². The molecule has 0 aliphatic carbocycles. The highest BCUT2D eigenvalue weighted by atomic mass is 32.2. The third kappa shape index (κ3) is 5.96. The summed E-state index contributed by atoms with van der Waals surface area (Å²) in [5.74, 6) is 0. The highest BCUT2D eigenvalue weighted by Gasteiger charge is 2.15. The van der Waals surface area contributed by atoms with Gasteiger partial charge in [-0.15, -0.1) is 0 Å². The first-order valence-corrected chi connectivity index (χ1v) is 11.7. The Labute approximate surface area is 192 Å². The minimum absolute atomic E-state index is 0.0916. The molecule has 3 N–H and O–H groups in total. The molecule has 0 aliphatic heterocycles. The molecule has 0 radical (unpaired) electrons. The minimum atomic E-state index is -3.79. The molecule has 0 unspecified atom stereocenters. The van der Waals surface area contributed by atoms with Crippen molar-refractivity contribution in [3.05, 3.63) is 109 Å². The second kappa shape index (κ2) is 9.97. The Bertz CT molecular complexity index is 1330. The number of sulfonamides is 1. The molecule has 0 bridgehead atoms. The van der Waals surface area contributed by atoms with Crippen molar-refractivity contribution in [3.63, 3.8) is 0 Å². The normalized spacial score (nSPS) is 10.9. The molecule has 0 atom stereocenters. The topological polar surface area (TPSA) is 100 Å². The number of hydrogen-bond acceptors (Lipinski definition) is 4. The first-order chi connectivity index (χ1) is 16.0. The van der Waals surface area contributed by atoms with Crippen LogP contribution in [0.1, 0.15) is 5.56 Å². The first kappa shape index (κ1) is 22.0. The number of nitrogens with zero attached hydrogens (tertiary/aromatic N) is 1. The fourth-order valence-electron chi connectivity index (χ4n) is 3.18. The molecule has 2 amide bonds. The number of benzene rings is 3. The van der Waals surface area contributed by atoms with Crippen LogP contribution in [0.25, 0.3) is 11.1 Å². The minimum Gasteiger partial charge on any atom is -0.334 e. The summed E-state index contributed by atoms with van der Waals surface area (Å²) in [6, 6.07) is 26.2. The maximum atomic E-state index is 12.8. The summed E-state index contributed by atoms with van der Waals surface area (Å²) in [6.07, 6.45) is 3.33.